The molecule has 2 aromatic heterocycles. The summed E-state index contributed by atoms with van der Waals surface area (Å²) < 4.78 is 90.0. The molecule has 1 saturated carbocycles. The maximum Gasteiger partial charge on any atom is 0.455 e. The molecule has 11 heteroatoms. The maximum atomic E-state index is 13.4. The van der Waals surface area contributed by atoms with Crippen molar-refractivity contribution in [2.24, 2.45) is 0 Å². The highest BCUT2D eigenvalue weighted by molar-refractivity contribution is 7.91. The average molecular weight is 423 g/mol. The Balaban J connectivity index is 2.06. The van der Waals surface area contributed by atoms with Gasteiger partial charge in [-0.3, -0.25) is 4.98 Å². The van der Waals surface area contributed by atoms with Gasteiger partial charge in [-0.2, -0.15) is 22.0 Å². The van der Waals surface area contributed by atoms with Crippen LogP contribution < -0.4 is 0 Å². The molecule has 1 fully saturated rings. The second-order valence-corrected chi connectivity index (χ2v) is 9.05. The molecule has 0 unspecified atom stereocenters. The molecule has 0 aromatic carbocycles. The van der Waals surface area contributed by atoms with Gasteiger partial charge in [0.25, 0.3) is 0 Å². The summed E-state index contributed by atoms with van der Waals surface area (Å²) in [4.78, 5) is 7.98. The number of nitrogens with zero attached hydrogens (tertiary/aromatic N) is 3. The van der Waals surface area contributed by atoms with E-state index in [1.165, 1.54) is 26.1 Å². The Hall–Kier alpha value is -2.04. The van der Waals surface area contributed by atoms with Crippen LogP contribution in [-0.2, 0) is 16.4 Å². The molecular weight excluding hydrogens is 405 g/mol. The van der Waals surface area contributed by atoms with Crippen molar-refractivity contribution < 1.29 is 30.4 Å². The summed E-state index contributed by atoms with van der Waals surface area (Å²) in [5.41, 5.74) is 0.657. The van der Waals surface area contributed by atoms with Crippen LogP contribution in [0.15, 0.2) is 23.5 Å². The highest BCUT2D eigenvalue weighted by atomic mass is 32.2. The van der Waals surface area contributed by atoms with Crippen molar-refractivity contribution in [1.29, 1.82) is 0 Å². The lowest BCUT2D eigenvalue weighted by Crippen LogP contribution is -2.40. The summed E-state index contributed by atoms with van der Waals surface area (Å²) in [5.74, 6) is -4.92. The predicted molar refractivity (Wildman–Crippen MR) is 90.9 cm³/mol. The molecule has 0 N–H and O–H groups in total. The fraction of sp³-hybridized carbons (Fsp3) is 0.529. The lowest BCUT2D eigenvalue weighted by Gasteiger charge is -2.20. The molecule has 2 heterocycles. The summed E-state index contributed by atoms with van der Waals surface area (Å²) >= 11 is 0. The fourth-order valence-corrected chi connectivity index (χ4v) is 3.88. The monoisotopic (exact) mass is 423 g/mol. The summed E-state index contributed by atoms with van der Waals surface area (Å²) in [6, 6.07) is 1.50. The Morgan fingerprint density at radius 1 is 1.14 bits per heavy atom. The van der Waals surface area contributed by atoms with Crippen molar-refractivity contribution in [3.05, 3.63) is 29.8 Å². The van der Waals surface area contributed by atoms with E-state index < -0.39 is 28.5 Å². The first-order chi connectivity index (χ1) is 12.9. The zero-order chi connectivity index (χ0) is 20.9. The van der Waals surface area contributed by atoms with Gasteiger partial charge in [-0.1, -0.05) is 6.92 Å². The van der Waals surface area contributed by atoms with E-state index in [2.05, 4.69) is 9.97 Å². The second kappa shape index (κ2) is 6.78. The molecule has 0 bridgehead atoms. The molecular formula is C17H18F5N3O2S. The zero-order valence-corrected chi connectivity index (χ0v) is 15.9. The van der Waals surface area contributed by atoms with E-state index in [4.69, 9.17) is 0 Å². The Labute approximate surface area is 158 Å². The van der Waals surface area contributed by atoms with Crippen LogP contribution in [0, 0.1) is 6.92 Å². The molecule has 2 aromatic rings. The van der Waals surface area contributed by atoms with Gasteiger partial charge in [0.2, 0.25) is 0 Å². The van der Waals surface area contributed by atoms with E-state index >= 15 is 0 Å². The van der Waals surface area contributed by atoms with Crippen LogP contribution >= 0.6 is 0 Å². The number of alkyl halides is 5. The number of hydrogen-bond acceptors (Lipinski definition) is 4. The highest BCUT2D eigenvalue weighted by Crippen LogP contribution is 2.42. The molecule has 0 saturated heterocycles. The first-order valence-corrected chi connectivity index (χ1v) is 10.2. The minimum Gasteiger partial charge on any atom is -0.328 e. The SMILES string of the molecule is CCS(=O)(=O)c1cc(C2CC2)cnc1-c1ncn(CC(F)(F)C(F)(F)F)c1C. The topological polar surface area (TPSA) is 64.8 Å². The van der Waals surface area contributed by atoms with E-state index in [9.17, 15) is 30.4 Å². The van der Waals surface area contributed by atoms with Gasteiger partial charge >= 0.3 is 12.1 Å². The van der Waals surface area contributed by atoms with Crippen molar-refractivity contribution in [3.8, 4) is 11.4 Å². The van der Waals surface area contributed by atoms with Crippen LogP contribution in [0.3, 0.4) is 0 Å². The number of aromatic nitrogens is 3. The molecule has 1 aliphatic carbocycles. The normalized spacial score (nSPS) is 15.8. The number of imidazole rings is 1. The lowest BCUT2D eigenvalue weighted by atomic mass is 10.1. The predicted octanol–water partition coefficient (Wildman–Crippen LogP) is 4.12. The number of hydrogen-bond donors (Lipinski definition) is 0. The summed E-state index contributed by atoms with van der Waals surface area (Å²) in [7, 11) is -3.71. The van der Waals surface area contributed by atoms with Gasteiger partial charge < -0.3 is 4.57 Å². The standard InChI is InChI=1S/C17H18F5N3O2S/c1-3-28(26,27)13-6-12(11-4-5-11)7-23-15(13)14-10(2)25(9-24-14)8-16(18,19)17(20,21)22/h6-7,9,11H,3-5,8H2,1-2H3. The maximum absolute atomic E-state index is 13.4. The van der Waals surface area contributed by atoms with Crippen LogP contribution in [0.5, 0.6) is 0 Å². The van der Waals surface area contributed by atoms with E-state index in [-0.39, 0.29) is 33.6 Å². The van der Waals surface area contributed by atoms with Gasteiger partial charge in [0.1, 0.15) is 11.4 Å². The van der Waals surface area contributed by atoms with E-state index in [0.717, 1.165) is 24.7 Å². The Kier molecular flexibility index (Phi) is 5.01. The third-order valence-electron chi connectivity index (χ3n) is 4.75. The van der Waals surface area contributed by atoms with Crippen molar-refractivity contribution in [2.75, 3.05) is 5.75 Å². The van der Waals surface area contributed by atoms with Gasteiger partial charge in [0.05, 0.1) is 23.5 Å². The summed E-state index contributed by atoms with van der Waals surface area (Å²) in [5, 5.41) is 0. The minimum absolute atomic E-state index is 0.0249. The van der Waals surface area contributed by atoms with Crippen LogP contribution in [-0.4, -0.2) is 40.8 Å². The largest absolute Gasteiger partial charge is 0.455 e. The Bertz CT molecular complexity index is 995. The molecule has 0 amide bonds. The third kappa shape index (κ3) is 3.76. The van der Waals surface area contributed by atoms with Gasteiger partial charge in [-0.25, -0.2) is 13.4 Å². The average Bonchev–Trinajstić information content (AvgIpc) is 3.39. The highest BCUT2D eigenvalue weighted by Gasteiger charge is 2.57. The Morgan fingerprint density at radius 2 is 1.79 bits per heavy atom. The van der Waals surface area contributed by atoms with Gasteiger partial charge in [-0.05, 0) is 37.3 Å². The molecule has 5 nitrogen and oxygen atoms in total. The molecule has 0 aliphatic heterocycles. The number of pyridine rings is 1. The van der Waals surface area contributed by atoms with E-state index in [0.29, 0.717) is 4.57 Å². The van der Waals surface area contributed by atoms with Crippen LogP contribution in [0.2, 0.25) is 0 Å². The van der Waals surface area contributed by atoms with Gasteiger partial charge in [-0.15, -0.1) is 0 Å². The van der Waals surface area contributed by atoms with Crippen LogP contribution in [0.25, 0.3) is 11.4 Å². The Morgan fingerprint density at radius 3 is 2.32 bits per heavy atom. The molecule has 1 aliphatic rings. The first-order valence-electron chi connectivity index (χ1n) is 8.56. The number of halogens is 5. The van der Waals surface area contributed by atoms with Gasteiger partial charge in [0.15, 0.2) is 9.84 Å². The zero-order valence-electron chi connectivity index (χ0n) is 15.1. The molecule has 3 rings (SSSR count). The molecule has 0 spiro atoms. The smallest absolute Gasteiger partial charge is 0.328 e. The minimum atomic E-state index is -5.70. The van der Waals surface area contributed by atoms with Crippen molar-refractivity contribution in [1.82, 2.24) is 14.5 Å². The van der Waals surface area contributed by atoms with Gasteiger partial charge in [0, 0.05) is 11.9 Å². The van der Waals surface area contributed by atoms with E-state index in [1.807, 2.05) is 0 Å². The van der Waals surface area contributed by atoms with Crippen LogP contribution in [0.4, 0.5) is 22.0 Å². The number of sulfone groups is 1. The lowest BCUT2D eigenvalue weighted by molar-refractivity contribution is -0.286. The number of rotatable bonds is 6. The van der Waals surface area contributed by atoms with Crippen molar-refractivity contribution in [3.63, 3.8) is 0 Å². The second-order valence-electron chi connectivity index (χ2n) is 6.80. The van der Waals surface area contributed by atoms with Crippen LogP contribution in [0.1, 0.15) is 36.9 Å². The summed E-state index contributed by atoms with van der Waals surface area (Å²) in [6.45, 7) is 1.11. The summed E-state index contributed by atoms with van der Waals surface area (Å²) in [6.07, 6.45) is -1.52. The van der Waals surface area contributed by atoms with Crippen molar-refractivity contribution >= 4 is 9.84 Å². The van der Waals surface area contributed by atoms with E-state index in [1.54, 1.807) is 0 Å². The molecule has 0 radical (unpaired) electrons. The van der Waals surface area contributed by atoms with Crippen molar-refractivity contribution in [2.45, 2.75) is 56.1 Å². The molecule has 28 heavy (non-hydrogen) atoms. The quantitative estimate of drug-likeness (QED) is 0.656. The first kappa shape index (κ1) is 20.7. The molecule has 0 atom stereocenters. The fourth-order valence-electron chi connectivity index (χ4n) is 2.81. The third-order valence-corrected chi connectivity index (χ3v) is 6.49. The molecule has 154 valence electrons.